The molecule has 0 radical (unpaired) electrons. The highest BCUT2D eigenvalue weighted by Crippen LogP contribution is 2.27. The minimum Gasteiger partial charge on any atom is -0.550 e. The molecule has 2 atom stereocenters. The van der Waals surface area contributed by atoms with Gasteiger partial charge in [0.2, 0.25) is 5.91 Å². The number of ether oxygens (including phenoxy) is 1. The standard InChI is InChI=1S/C22H22N2O5/c1-29-15-12-10-14(11-13-15)23-21(26)18-8-4-5-9-19(18)24-20(25)16-6-2-3-7-17(16)22(27)28/h2-5,8-13,16-17H,6-7H2,1H3,(H,23,26)(H,24,25)(H,27,28)/p-1/t16-,17-/m0/s1. The molecule has 150 valence electrons. The Morgan fingerprint density at radius 3 is 2.24 bits per heavy atom. The second-order valence-electron chi connectivity index (χ2n) is 6.69. The maximum Gasteiger partial charge on any atom is 0.257 e. The minimum atomic E-state index is -1.25. The van der Waals surface area contributed by atoms with Gasteiger partial charge in [-0.05, 0) is 49.2 Å². The summed E-state index contributed by atoms with van der Waals surface area (Å²) in [5.74, 6) is -3.07. The Labute approximate surface area is 168 Å². The lowest BCUT2D eigenvalue weighted by atomic mass is 9.82. The molecule has 0 bridgehead atoms. The summed E-state index contributed by atoms with van der Waals surface area (Å²) in [6, 6.07) is 13.4. The number of hydrogen-bond donors (Lipinski definition) is 2. The van der Waals surface area contributed by atoms with Crippen LogP contribution in [0.15, 0.2) is 60.7 Å². The van der Waals surface area contributed by atoms with E-state index in [1.54, 1.807) is 67.8 Å². The summed E-state index contributed by atoms with van der Waals surface area (Å²) in [5.41, 5.74) is 1.16. The quantitative estimate of drug-likeness (QED) is 0.732. The first-order chi connectivity index (χ1) is 14.0. The van der Waals surface area contributed by atoms with Crippen molar-refractivity contribution in [1.29, 1.82) is 0 Å². The number of carbonyl (C=O) groups is 3. The molecule has 29 heavy (non-hydrogen) atoms. The van der Waals surface area contributed by atoms with Gasteiger partial charge < -0.3 is 25.3 Å². The molecule has 0 heterocycles. The summed E-state index contributed by atoms with van der Waals surface area (Å²) in [4.78, 5) is 36.8. The van der Waals surface area contributed by atoms with E-state index < -0.39 is 29.6 Å². The van der Waals surface area contributed by atoms with E-state index in [1.165, 1.54) is 0 Å². The molecule has 2 aromatic rings. The number of benzene rings is 2. The van der Waals surface area contributed by atoms with Crippen LogP contribution >= 0.6 is 0 Å². The number of amides is 2. The number of para-hydroxylation sites is 1. The smallest absolute Gasteiger partial charge is 0.257 e. The van der Waals surface area contributed by atoms with E-state index in [4.69, 9.17) is 4.74 Å². The highest BCUT2D eigenvalue weighted by Gasteiger charge is 2.30. The summed E-state index contributed by atoms with van der Waals surface area (Å²) in [6.07, 6.45) is 4.08. The maximum atomic E-state index is 12.7. The van der Waals surface area contributed by atoms with Crippen molar-refractivity contribution in [1.82, 2.24) is 0 Å². The number of carboxylic acid groups (broad SMARTS) is 1. The molecule has 0 spiro atoms. The summed E-state index contributed by atoms with van der Waals surface area (Å²) in [7, 11) is 1.56. The highest BCUT2D eigenvalue weighted by molar-refractivity contribution is 6.10. The third-order valence-electron chi connectivity index (χ3n) is 4.85. The van der Waals surface area contributed by atoms with Crippen LogP contribution in [0.5, 0.6) is 5.75 Å². The number of carboxylic acids is 1. The number of anilines is 2. The van der Waals surface area contributed by atoms with Gasteiger partial charge in [-0.15, -0.1) is 0 Å². The van der Waals surface area contributed by atoms with Gasteiger partial charge in [-0.2, -0.15) is 0 Å². The van der Waals surface area contributed by atoms with E-state index >= 15 is 0 Å². The Morgan fingerprint density at radius 2 is 1.59 bits per heavy atom. The molecular weight excluding hydrogens is 372 g/mol. The maximum absolute atomic E-state index is 12.7. The molecule has 7 nitrogen and oxygen atoms in total. The predicted octanol–water partition coefficient (Wildman–Crippen LogP) is 2.22. The van der Waals surface area contributed by atoms with Crippen LogP contribution < -0.4 is 20.5 Å². The van der Waals surface area contributed by atoms with Crippen LogP contribution in [0.1, 0.15) is 23.2 Å². The van der Waals surface area contributed by atoms with E-state index in [1.807, 2.05) is 0 Å². The fourth-order valence-corrected chi connectivity index (χ4v) is 3.25. The molecule has 0 unspecified atom stereocenters. The molecule has 1 aliphatic rings. The summed E-state index contributed by atoms with van der Waals surface area (Å²) < 4.78 is 5.09. The van der Waals surface area contributed by atoms with Gasteiger partial charge in [-0.3, -0.25) is 9.59 Å². The van der Waals surface area contributed by atoms with E-state index in [2.05, 4.69) is 10.6 Å². The van der Waals surface area contributed by atoms with Gasteiger partial charge in [0.15, 0.2) is 0 Å². The van der Waals surface area contributed by atoms with Crippen molar-refractivity contribution in [2.75, 3.05) is 17.7 Å². The fourth-order valence-electron chi connectivity index (χ4n) is 3.25. The second kappa shape index (κ2) is 9.05. The molecule has 2 amide bonds. The number of allylic oxidation sites excluding steroid dienone is 2. The third-order valence-corrected chi connectivity index (χ3v) is 4.85. The molecule has 2 aromatic carbocycles. The number of nitrogens with one attached hydrogen (secondary N) is 2. The average molecular weight is 393 g/mol. The summed E-state index contributed by atoms with van der Waals surface area (Å²) in [6.45, 7) is 0. The van der Waals surface area contributed by atoms with Crippen LogP contribution in [-0.2, 0) is 9.59 Å². The summed E-state index contributed by atoms with van der Waals surface area (Å²) >= 11 is 0. The van der Waals surface area contributed by atoms with Crippen LogP contribution in [0.2, 0.25) is 0 Å². The number of aliphatic carboxylic acids is 1. The molecule has 0 aliphatic heterocycles. The monoisotopic (exact) mass is 393 g/mol. The largest absolute Gasteiger partial charge is 0.550 e. The third kappa shape index (κ3) is 4.82. The number of rotatable bonds is 6. The predicted molar refractivity (Wildman–Crippen MR) is 106 cm³/mol. The van der Waals surface area contributed by atoms with Crippen LogP contribution in [0.3, 0.4) is 0 Å². The van der Waals surface area contributed by atoms with Crippen molar-refractivity contribution in [3.05, 3.63) is 66.2 Å². The van der Waals surface area contributed by atoms with Crippen molar-refractivity contribution in [2.24, 2.45) is 11.8 Å². The van der Waals surface area contributed by atoms with E-state index in [9.17, 15) is 19.5 Å². The molecule has 0 fully saturated rings. The first-order valence-electron chi connectivity index (χ1n) is 9.20. The Balaban J connectivity index is 1.75. The normalized spacial score (nSPS) is 18.0. The lowest BCUT2D eigenvalue weighted by molar-refractivity contribution is -0.313. The Bertz CT molecular complexity index is 936. The lowest BCUT2D eigenvalue weighted by Crippen LogP contribution is -2.41. The number of hydrogen-bond acceptors (Lipinski definition) is 5. The van der Waals surface area contributed by atoms with E-state index in [0.717, 1.165) is 0 Å². The minimum absolute atomic E-state index is 0.250. The van der Waals surface area contributed by atoms with Crippen molar-refractivity contribution >= 4 is 29.2 Å². The Kier molecular flexibility index (Phi) is 6.29. The summed E-state index contributed by atoms with van der Waals surface area (Å²) in [5, 5.41) is 16.8. The van der Waals surface area contributed by atoms with Crippen LogP contribution in [0.4, 0.5) is 11.4 Å². The van der Waals surface area contributed by atoms with E-state index in [0.29, 0.717) is 23.5 Å². The van der Waals surface area contributed by atoms with Gasteiger partial charge in [-0.25, -0.2) is 0 Å². The topological polar surface area (TPSA) is 108 Å². The molecule has 3 rings (SSSR count). The van der Waals surface area contributed by atoms with Crippen LogP contribution in [-0.4, -0.2) is 24.9 Å². The number of methoxy groups -OCH3 is 1. The van der Waals surface area contributed by atoms with Gasteiger partial charge in [0.1, 0.15) is 5.75 Å². The van der Waals surface area contributed by atoms with Gasteiger partial charge in [-0.1, -0.05) is 24.3 Å². The average Bonchev–Trinajstić information content (AvgIpc) is 2.74. The number of carbonyl (C=O) groups excluding carboxylic acids is 3. The zero-order valence-electron chi connectivity index (χ0n) is 15.9. The van der Waals surface area contributed by atoms with Crippen molar-refractivity contribution in [3.8, 4) is 5.75 Å². The molecular formula is C22H21N2O5-. The van der Waals surface area contributed by atoms with Crippen molar-refractivity contribution in [2.45, 2.75) is 12.8 Å². The van der Waals surface area contributed by atoms with Gasteiger partial charge in [0.05, 0.1) is 24.3 Å². The SMILES string of the molecule is COc1ccc(NC(=O)c2ccccc2NC(=O)[C@H]2CC=CC[C@@H]2C(=O)[O-])cc1. The first-order valence-corrected chi connectivity index (χ1v) is 9.20. The van der Waals surface area contributed by atoms with Gasteiger partial charge in [0, 0.05) is 17.6 Å². The van der Waals surface area contributed by atoms with Gasteiger partial charge >= 0.3 is 0 Å². The molecule has 1 aliphatic carbocycles. The molecule has 2 N–H and O–H groups in total. The van der Waals surface area contributed by atoms with E-state index in [-0.39, 0.29) is 12.0 Å². The fraction of sp³-hybridized carbons (Fsp3) is 0.227. The Morgan fingerprint density at radius 1 is 0.931 bits per heavy atom. The van der Waals surface area contributed by atoms with Crippen molar-refractivity contribution < 1.29 is 24.2 Å². The molecule has 0 aromatic heterocycles. The van der Waals surface area contributed by atoms with Crippen LogP contribution in [0.25, 0.3) is 0 Å². The van der Waals surface area contributed by atoms with Gasteiger partial charge in [0.25, 0.3) is 5.91 Å². The zero-order valence-corrected chi connectivity index (χ0v) is 15.9. The first kappa shape index (κ1) is 20.1. The second-order valence-corrected chi connectivity index (χ2v) is 6.69. The lowest BCUT2D eigenvalue weighted by Gasteiger charge is -2.28. The zero-order chi connectivity index (χ0) is 20.8. The van der Waals surface area contributed by atoms with Crippen molar-refractivity contribution in [3.63, 3.8) is 0 Å². The highest BCUT2D eigenvalue weighted by atomic mass is 16.5. The molecule has 7 heteroatoms. The molecule has 0 saturated carbocycles. The van der Waals surface area contributed by atoms with Crippen LogP contribution in [0, 0.1) is 11.8 Å². The Hall–Kier alpha value is -3.61. The molecule has 0 saturated heterocycles.